The second kappa shape index (κ2) is 5.32. The zero-order chi connectivity index (χ0) is 14.9. The summed E-state index contributed by atoms with van der Waals surface area (Å²) in [5.41, 5.74) is 1.48. The van der Waals surface area contributed by atoms with Gasteiger partial charge in [-0.3, -0.25) is 10.1 Å². The monoisotopic (exact) mass is 275 g/mol. The van der Waals surface area contributed by atoms with Crippen LogP contribution < -0.4 is 10.1 Å². The summed E-state index contributed by atoms with van der Waals surface area (Å²) < 4.78 is 5.25. The second-order valence-corrected chi connectivity index (χ2v) is 4.77. The molecule has 0 bridgehead atoms. The maximum atomic E-state index is 11.2. The van der Waals surface area contributed by atoms with Crippen molar-refractivity contribution in [2.75, 3.05) is 19.5 Å². The van der Waals surface area contributed by atoms with Crippen molar-refractivity contribution in [1.82, 2.24) is 4.98 Å². The molecule has 0 aliphatic carbocycles. The number of pyridine rings is 1. The number of hydrogen-bond acceptors (Lipinski definition) is 5. The summed E-state index contributed by atoms with van der Waals surface area (Å²) >= 11 is 0. The van der Waals surface area contributed by atoms with Gasteiger partial charge in [0.25, 0.3) is 5.69 Å². The third kappa shape index (κ3) is 2.24. The number of aromatic nitrogens is 1. The van der Waals surface area contributed by atoms with E-state index in [4.69, 9.17) is 4.74 Å². The second-order valence-electron chi connectivity index (χ2n) is 4.77. The van der Waals surface area contributed by atoms with Crippen molar-refractivity contribution >= 4 is 22.4 Å². The molecule has 0 aliphatic rings. The maximum Gasteiger partial charge on any atom is 0.279 e. The molecule has 106 valence electrons. The molecule has 0 atom stereocenters. The number of fused-ring (bicyclic) bond motifs is 1. The van der Waals surface area contributed by atoms with Crippen molar-refractivity contribution in [3.8, 4) is 5.75 Å². The first kappa shape index (κ1) is 14.0. The smallest absolute Gasteiger partial charge is 0.279 e. The molecule has 0 saturated heterocycles. The van der Waals surface area contributed by atoms with Crippen LogP contribution in [0.15, 0.2) is 18.2 Å². The number of anilines is 1. The summed E-state index contributed by atoms with van der Waals surface area (Å²) in [5, 5.41) is 14.7. The van der Waals surface area contributed by atoms with Gasteiger partial charge >= 0.3 is 0 Å². The Morgan fingerprint density at radius 2 is 2.10 bits per heavy atom. The van der Waals surface area contributed by atoms with E-state index in [0.29, 0.717) is 22.5 Å². The molecule has 6 heteroatoms. The van der Waals surface area contributed by atoms with E-state index in [9.17, 15) is 10.1 Å². The highest BCUT2D eigenvalue weighted by Crippen LogP contribution is 2.36. The fourth-order valence-electron chi connectivity index (χ4n) is 2.20. The van der Waals surface area contributed by atoms with E-state index < -0.39 is 4.92 Å². The Balaban J connectivity index is 2.88. The largest absolute Gasteiger partial charge is 0.494 e. The fourth-order valence-corrected chi connectivity index (χ4v) is 2.20. The van der Waals surface area contributed by atoms with Gasteiger partial charge in [0.1, 0.15) is 17.1 Å². The van der Waals surface area contributed by atoms with Crippen LogP contribution in [0.3, 0.4) is 0 Å². The number of methoxy groups -OCH3 is 1. The van der Waals surface area contributed by atoms with Gasteiger partial charge in [0, 0.05) is 13.1 Å². The number of ether oxygens (including phenoxy) is 1. The molecule has 0 fully saturated rings. The van der Waals surface area contributed by atoms with Gasteiger partial charge < -0.3 is 10.1 Å². The summed E-state index contributed by atoms with van der Waals surface area (Å²) in [6.07, 6.45) is 0. The van der Waals surface area contributed by atoms with Crippen molar-refractivity contribution in [1.29, 1.82) is 0 Å². The van der Waals surface area contributed by atoms with Crippen LogP contribution in [0.5, 0.6) is 5.75 Å². The van der Waals surface area contributed by atoms with E-state index in [0.717, 1.165) is 5.56 Å². The molecule has 0 aliphatic heterocycles. The minimum absolute atomic E-state index is 0.0397. The summed E-state index contributed by atoms with van der Waals surface area (Å²) in [7, 11) is 3.31. The molecule has 1 aromatic carbocycles. The Bertz CT molecular complexity index is 668. The van der Waals surface area contributed by atoms with Gasteiger partial charge in [-0.2, -0.15) is 0 Å². The van der Waals surface area contributed by atoms with Gasteiger partial charge in [-0.1, -0.05) is 13.8 Å². The normalized spacial score (nSPS) is 10.8. The molecule has 0 saturated carbocycles. The summed E-state index contributed by atoms with van der Waals surface area (Å²) in [6, 6.07) is 4.84. The van der Waals surface area contributed by atoms with Crippen molar-refractivity contribution in [3.05, 3.63) is 33.9 Å². The van der Waals surface area contributed by atoms with Gasteiger partial charge in [-0.25, -0.2) is 4.98 Å². The lowest BCUT2D eigenvalue weighted by atomic mass is 10.0. The quantitative estimate of drug-likeness (QED) is 0.684. The minimum atomic E-state index is -0.396. The van der Waals surface area contributed by atoms with E-state index in [1.165, 1.54) is 13.2 Å². The molecule has 2 aromatic rings. The third-order valence-electron chi connectivity index (χ3n) is 3.23. The number of nitrogens with zero attached hydrogens (tertiary/aromatic N) is 2. The Morgan fingerprint density at radius 1 is 1.40 bits per heavy atom. The molecule has 2 rings (SSSR count). The molecule has 0 amide bonds. The lowest BCUT2D eigenvalue weighted by Gasteiger charge is -2.14. The lowest BCUT2D eigenvalue weighted by molar-refractivity contribution is -0.383. The molecular weight excluding hydrogens is 258 g/mol. The highest BCUT2D eigenvalue weighted by atomic mass is 16.6. The highest BCUT2D eigenvalue weighted by Gasteiger charge is 2.19. The van der Waals surface area contributed by atoms with Crippen LogP contribution in [0.25, 0.3) is 10.9 Å². The molecule has 1 heterocycles. The maximum absolute atomic E-state index is 11.2. The standard InChI is InChI=1S/C14H17N3O3/c1-8(2)9-7-10-11(17(18)19)5-6-12(20-4)13(10)16-14(9)15-3/h5-8H,1-4H3,(H,15,16). The molecule has 0 spiro atoms. The first-order valence-electron chi connectivity index (χ1n) is 6.33. The van der Waals surface area contributed by atoms with Gasteiger partial charge in [0.05, 0.1) is 17.4 Å². The summed E-state index contributed by atoms with van der Waals surface area (Å²) in [5.74, 6) is 1.45. The third-order valence-corrected chi connectivity index (χ3v) is 3.23. The van der Waals surface area contributed by atoms with Crippen LogP contribution >= 0.6 is 0 Å². The van der Waals surface area contributed by atoms with Crippen molar-refractivity contribution in [2.24, 2.45) is 0 Å². The molecule has 6 nitrogen and oxygen atoms in total. The lowest BCUT2D eigenvalue weighted by Crippen LogP contribution is -2.03. The van der Waals surface area contributed by atoms with Crippen LogP contribution in [0.1, 0.15) is 25.3 Å². The number of nitro benzene ring substituents is 1. The Kier molecular flexibility index (Phi) is 3.74. The summed E-state index contributed by atoms with van der Waals surface area (Å²) in [6.45, 7) is 4.05. The summed E-state index contributed by atoms with van der Waals surface area (Å²) in [4.78, 5) is 15.3. The van der Waals surface area contributed by atoms with Gasteiger partial charge in [0.2, 0.25) is 0 Å². The molecule has 1 aromatic heterocycles. The molecule has 0 unspecified atom stereocenters. The number of rotatable bonds is 4. The fraction of sp³-hybridized carbons (Fsp3) is 0.357. The predicted octanol–water partition coefficient (Wildman–Crippen LogP) is 3.32. The highest BCUT2D eigenvalue weighted by molar-refractivity contribution is 5.94. The van der Waals surface area contributed by atoms with Gasteiger partial charge in [-0.15, -0.1) is 0 Å². The van der Waals surface area contributed by atoms with Crippen LogP contribution in [-0.2, 0) is 0 Å². The number of nitrogens with one attached hydrogen (secondary N) is 1. The topological polar surface area (TPSA) is 77.3 Å². The zero-order valence-corrected chi connectivity index (χ0v) is 11.9. The average molecular weight is 275 g/mol. The van der Waals surface area contributed by atoms with Crippen LogP contribution in [0.2, 0.25) is 0 Å². The van der Waals surface area contributed by atoms with Gasteiger partial charge in [-0.05, 0) is 23.6 Å². The Hall–Kier alpha value is -2.37. The van der Waals surface area contributed by atoms with Crippen LogP contribution in [-0.4, -0.2) is 24.1 Å². The first-order chi connectivity index (χ1) is 9.49. The molecule has 20 heavy (non-hydrogen) atoms. The van der Waals surface area contributed by atoms with Crippen molar-refractivity contribution in [3.63, 3.8) is 0 Å². The van der Waals surface area contributed by atoms with Crippen LogP contribution in [0.4, 0.5) is 11.5 Å². The van der Waals surface area contributed by atoms with E-state index >= 15 is 0 Å². The van der Waals surface area contributed by atoms with Crippen molar-refractivity contribution in [2.45, 2.75) is 19.8 Å². The van der Waals surface area contributed by atoms with E-state index in [1.807, 2.05) is 19.9 Å². The number of benzene rings is 1. The van der Waals surface area contributed by atoms with E-state index in [2.05, 4.69) is 10.3 Å². The Morgan fingerprint density at radius 3 is 2.60 bits per heavy atom. The Labute approximate surface area is 116 Å². The molecule has 1 N–H and O–H groups in total. The van der Waals surface area contributed by atoms with Gasteiger partial charge in [0.15, 0.2) is 0 Å². The average Bonchev–Trinajstić information content (AvgIpc) is 2.43. The number of nitro groups is 1. The molecular formula is C14H17N3O3. The van der Waals surface area contributed by atoms with E-state index in [-0.39, 0.29) is 11.6 Å². The number of non-ortho nitro benzene ring substituents is 1. The van der Waals surface area contributed by atoms with Crippen molar-refractivity contribution < 1.29 is 9.66 Å². The minimum Gasteiger partial charge on any atom is -0.494 e. The first-order valence-corrected chi connectivity index (χ1v) is 6.33. The van der Waals surface area contributed by atoms with E-state index in [1.54, 1.807) is 13.1 Å². The SMILES string of the molecule is CNc1nc2c(OC)ccc([N+](=O)[O-])c2cc1C(C)C. The predicted molar refractivity (Wildman–Crippen MR) is 78.6 cm³/mol. The molecule has 0 radical (unpaired) electrons. The zero-order valence-electron chi connectivity index (χ0n) is 11.9. The number of hydrogen-bond donors (Lipinski definition) is 1. The van der Waals surface area contributed by atoms with Crippen LogP contribution in [0, 0.1) is 10.1 Å².